The molecule has 2 aromatic rings. The van der Waals surface area contributed by atoms with Gasteiger partial charge in [0.05, 0.1) is 6.61 Å². The molecule has 0 N–H and O–H groups in total. The van der Waals surface area contributed by atoms with E-state index in [1.54, 1.807) is 19.2 Å². The fourth-order valence-corrected chi connectivity index (χ4v) is 2.42. The zero-order valence-corrected chi connectivity index (χ0v) is 15.7. The first-order valence-corrected chi connectivity index (χ1v) is 8.62. The van der Waals surface area contributed by atoms with E-state index < -0.39 is 11.7 Å². The molecule has 0 aliphatic heterocycles. The quantitative estimate of drug-likeness (QED) is 0.588. The van der Waals surface area contributed by atoms with Gasteiger partial charge in [-0.25, -0.2) is 9.59 Å². The van der Waals surface area contributed by atoms with Gasteiger partial charge in [0.1, 0.15) is 5.60 Å². The molecule has 0 saturated carbocycles. The van der Waals surface area contributed by atoms with E-state index in [0.717, 1.165) is 16.8 Å². The maximum absolute atomic E-state index is 12.3. The summed E-state index contributed by atoms with van der Waals surface area (Å²) in [6.45, 7) is 7.64. The highest BCUT2D eigenvalue weighted by Crippen LogP contribution is 2.16. The second-order valence-corrected chi connectivity index (χ2v) is 6.86. The average molecular weight is 355 g/mol. The predicted octanol–water partition coefficient (Wildman–Crippen LogP) is 4.44. The van der Waals surface area contributed by atoms with Crippen molar-refractivity contribution in [3.8, 4) is 0 Å². The smallest absolute Gasteiger partial charge is 0.418 e. The van der Waals surface area contributed by atoms with Gasteiger partial charge in [-0.3, -0.25) is 4.57 Å². The summed E-state index contributed by atoms with van der Waals surface area (Å²) in [5.41, 5.74) is 2.22. The number of esters is 1. The molecule has 138 valence electrons. The molecule has 1 aromatic heterocycles. The van der Waals surface area contributed by atoms with Gasteiger partial charge in [0, 0.05) is 24.4 Å². The molecule has 5 nitrogen and oxygen atoms in total. The Hall–Kier alpha value is -2.82. The van der Waals surface area contributed by atoms with Gasteiger partial charge in [-0.1, -0.05) is 24.3 Å². The van der Waals surface area contributed by atoms with E-state index in [1.165, 1.54) is 10.6 Å². The Morgan fingerprint density at radius 2 is 1.92 bits per heavy atom. The summed E-state index contributed by atoms with van der Waals surface area (Å²) in [5.74, 6) is -0.364. The molecule has 0 amide bonds. The van der Waals surface area contributed by atoms with E-state index >= 15 is 0 Å². The lowest BCUT2D eigenvalue weighted by Crippen LogP contribution is -2.27. The SMILES string of the molecule is CCOC(=O)/C=C/c1cccc(Cc2cccn2C(=O)OC(C)(C)C)c1. The lowest BCUT2D eigenvalue weighted by atomic mass is 10.1. The van der Waals surface area contributed by atoms with Gasteiger partial charge in [0.2, 0.25) is 0 Å². The molecule has 2 rings (SSSR count). The van der Waals surface area contributed by atoms with Crippen LogP contribution in [0.15, 0.2) is 48.7 Å². The number of nitrogens with zero attached hydrogens (tertiary/aromatic N) is 1. The number of rotatable bonds is 5. The molecule has 0 atom stereocenters. The summed E-state index contributed by atoms with van der Waals surface area (Å²) in [6.07, 6.45) is 5.01. The molecule has 0 saturated heterocycles. The molecule has 1 heterocycles. The Balaban J connectivity index is 2.13. The topological polar surface area (TPSA) is 57.5 Å². The van der Waals surface area contributed by atoms with Gasteiger partial charge in [-0.15, -0.1) is 0 Å². The van der Waals surface area contributed by atoms with Crippen LogP contribution in [0, 0.1) is 0 Å². The normalized spacial score (nSPS) is 11.5. The van der Waals surface area contributed by atoms with Crippen molar-refractivity contribution in [1.29, 1.82) is 0 Å². The molecule has 1 aromatic carbocycles. The average Bonchev–Trinajstić information content (AvgIpc) is 3.00. The van der Waals surface area contributed by atoms with Crippen LogP contribution < -0.4 is 0 Å². The summed E-state index contributed by atoms with van der Waals surface area (Å²) in [4.78, 5) is 23.7. The second-order valence-electron chi connectivity index (χ2n) is 6.86. The van der Waals surface area contributed by atoms with Crippen molar-refractivity contribution in [3.05, 3.63) is 65.5 Å². The Labute approximate surface area is 154 Å². The maximum atomic E-state index is 12.3. The Kier molecular flexibility index (Phi) is 6.39. The van der Waals surface area contributed by atoms with Crippen molar-refractivity contribution in [2.45, 2.75) is 39.7 Å². The van der Waals surface area contributed by atoms with Crippen LogP contribution >= 0.6 is 0 Å². The molecule has 0 aliphatic carbocycles. The zero-order chi connectivity index (χ0) is 19.2. The first kappa shape index (κ1) is 19.5. The Morgan fingerprint density at radius 3 is 2.62 bits per heavy atom. The molecular formula is C21H25NO4. The summed E-state index contributed by atoms with van der Waals surface area (Å²) >= 11 is 0. The van der Waals surface area contributed by atoms with Crippen molar-refractivity contribution in [2.24, 2.45) is 0 Å². The van der Waals surface area contributed by atoms with Crippen molar-refractivity contribution in [2.75, 3.05) is 6.61 Å². The number of aromatic nitrogens is 1. The van der Waals surface area contributed by atoms with Crippen LogP contribution in [-0.2, 0) is 20.7 Å². The fraction of sp³-hybridized carbons (Fsp3) is 0.333. The van der Waals surface area contributed by atoms with Crippen LogP contribution in [-0.4, -0.2) is 28.8 Å². The Morgan fingerprint density at radius 1 is 1.15 bits per heavy atom. The van der Waals surface area contributed by atoms with Gasteiger partial charge >= 0.3 is 12.1 Å². The van der Waals surface area contributed by atoms with E-state index in [2.05, 4.69) is 0 Å². The van der Waals surface area contributed by atoms with E-state index in [-0.39, 0.29) is 5.97 Å². The van der Waals surface area contributed by atoms with Crippen molar-refractivity contribution in [3.63, 3.8) is 0 Å². The van der Waals surface area contributed by atoms with Crippen LogP contribution in [0.3, 0.4) is 0 Å². The molecular weight excluding hydrogens is 330 g/mol. The summed E-state index contributed by atoms with van der Waals surface area (Å²) < 4.78 is 11.8. The van der Waals surface area contributed by atoms with Gasteiger partial charge in [-0.2, -0.15) is 0 Å². The molecule has 0 bridgehead atoms. The first-order valence-electron chi connectivity index (χ1n) is 8.62. The highest BCUT2D eigenvalue weighted by Gasteiger charge is 2.19. The third-order valence-electron chi connectivity index (χ3n) is 3.46. The van der Waals surface area contributed by atoms with Gasteiger partial charge in [-0.05, 0) is 57.0 Å². The number of carbonyl (C=O) groups excluding carboxylic acids is 2. The highest BCUT2D eigenvalue weighted by atomic mass is 16.6. The number of hydrogen-bond acceptors (Lipinski definition) is 4. The van der Waals surface area contributed by atoms with Crippen molar-refractivity contribution in [1.82, 2.24) is 4.57 Å². The maximum Gasteiger partial charge on any atom is 0.418 e. The predicted molar refractivity (Wildman–Crippen MR) is 101 cm³/mol. The van der Waals surface area contributed by atoms with Gasteiger partial charge in [0.25, 0.3) is 0 Å². The van der Waals surface area contributed by atoms with E-state index in [0.29, 0.717) is 13.0 Å². The molecule has 5 heteroatoms. The zero-order valence-electron chi connectivity index (χ0n) is 15.7. The molecule has 26 heavy (non-hydrogen) atoms. The lowest BCUT2D eigenvalue weighted by Gasteiger charge is -2.20. The van der Waals surface area contributed by atoms with Crippen LogP contribution in [0.4, 0.5) is 4.79 Å². The minimum atomic E-state index is -0.545. The van der Waals surface area contributed by atoms with Crippen LogP contribution in [0.25, 0.3) is 6.08 Å². The van der Waals surface area contributed by atoms with Crippen LogP contribution in [0.5, 0.6) is 0 Å². The first-order chi connectivity index (χ1) is 12.3. The number of carbonyl (C=O) groups is 2. The third kappa shape index (κ3) is 5.92. The summed E-state index contributed by atoms with van der Waals surface area (Å²) in [6, 6.07) is 11.5. The van der Waals surface area contributed by atoms with Gasteiger partial charge in [0.15, 0.2) is 0 Å². The van der Waals surface area contributed by atoms with Crippen LogP contribution in [0.1, 0.15) is 44.5 Å². The second kappa shape index (κ2) is 8.52. The van der Waals surface area contributed by atoms with E-state index in [4.69, 9.17) is 9.47 Å². The third-order valence-corrected chi connectivity index (χ3v) is 3.46. The van der Waals surface area contributed by atoms with Crippen molar-refractivity contribution < 1.29 is 19.1 Å². The monoisotopic (exact) mass is 355 g/mol. The summed E-state index contributed by atoms with van der Waals surface area (Å²) in [5, 5.41) is 0. The number of benzene rings is 1. The van der Waals surface area contributed by atoms with Gasteiger partial charge < -0.3 is 9.47 Å². The molecule has 0 fully saturated rings. The standard InChI is InChI=1S/C21H25NO4/c1-5-25-19(23)12-11-16-8-6-9-17(14-16)15-18-10-7-13-22(18)20(24)26-21(2,3)4/h6-14H,5,15H2,1-4H3/b12-11+. The minimum Gasteiger partial charge on any atom is -0.463 e. The number of ether oxygens (including phenoxy) is 2. The highest BCUT2D eigenvalue weighted by molar-refractivity contribution is 5.87. The molecule has 0 radical (unpaired) electrons. The molecule has 0 spiro atoms. The van der Waals surface area contributed by atoms with Crippen molar-refractivity contribution >= 4 is 18.1 Å². The molecule has 0 unspecified atom stereocenters. The van der Waals surface area contributed by atoms with Crippen LogP contribution in [0.2, 0.25) is 0 Å². The Bertz CT molecular complexity index is 796. The number of hydrogen-bond donors (Lipinski definition) is 0. The van der Waals surface area contributed by atoms with E-state index in [9.17, 15) is 9.59 Å². The largest absolute Gasteiger partial charge is 0.463 e. The molecule has 0 aliphatic rings. The van der Waals surface area contributed by atoms with E-state index in [1.807, 2.05) is 57.2 Å². The fourth-order valence-electron chi connectivity index (χ4n) is 2.42. The summed E-state index contributed by atoms with van der Waals surface area (Å²) in [7, 11) is 0. The minimum absolute atomic E-state index is 0.352. The lowest BCUT2D eigenvalue weighted by molar-refractivity contribution is -0.137.